The van der Waals surface area contributed by atoms with Crippen molar-refractivity contribution in [1.82, 2.24) is 24.8 Å². The molecule has 0 aliphatic rings. The van der Waals surface area contributed by atoms with Crippen LogP contribution in [-0.4, -0.2) is 51.4 Å². The van der Waals surface area contributed by atoms with Crippen molar-refractivity contribution in [1.29, 1.82) is 0 Å². The first-order valence-corrected chi connectivity index (χ1v) is 9.17. The third kappa shape index (κ3) is 5.87. The highest BCUT2D eigenvalue weighted by atomic mass is 19.4. The molecule has 1 amide bonds. The Morgan fingerprint density at radius 2 is 1.74 bits per heavy atom. The Balaban J connectivity index is 1.78. The van der Waals surface area contributed by atoms with Crippen molar-refractivity contribution in [3.8, 4) is 11.1 Å². The van der Waals surface area contributed by atoms with E-state index in [4.69, 9.17) is 0 Å². The highest BCUT2D eigenvalue weighted by Crippen LogP contribution is 2.29. The second-order valence-corrected chi connectivity index (χ2v) is 6.91. The first-order chi connectivity index (χ1) is 14.6. The van der Waals surface area contributed by atoms with E-state index in [1.54, 1.807) is 38.6 Å². The van der Waals surface area contributed by atoms with Crippen molar-refractivity contribution in [2.75, 3.05) is 31.3 Å². The summed E-state index contributed by atoms with van der Waals surface area (Å²) in [6.45, 7) is 1.92. The van der Waals surface area contributed by atoms with Crippen LogP contribution in [0.15, 0.2) is 42.9 Å². The van der Waals surface area contributed by atoms with E-state index in [0.29, 0.717) is 17.2 Å². The van der Waals surface area contributed by atoms with Crippen LogP contribution in [-0.2, 0) is 11.0 Å². The topological polar surface area (TPSA) is 95.9 Å². The highest BCUT2D eigenvalue weighted by molar-refractivity contribution is 5.79. The Kier molecular flexibility index (Phi) is 6.33. The highest BCUT2D eigenvalue weighted by Gasteiger charge is 2.32. The molecule has 0 unspecified atom stereocenters. The van der Waals surface area contributed by atoms with Crippen LogP contribution in [0.1, 0.15) is 11.3 Å². The second-order valence-electron chi connectivity index (χ2n) is 6.91. The number of amides is 1. The van der Waals surface area contributed by atoms with Gasteiger partial charge in [-0.2, -0.15) is 13.2 Å². The van der Waals surface area contributed by atoms with Gasteiger partial charge in [0, 0.05) is 43.9 Å². The van der Waals surface area contributed by atoms with Gasteiger partial charge in [0.2, 0.25) is 17.8 Å². The minimum absolute atomic E-state index is 0.0713. The number of halogens is 3. The van der Waals surface area contributed by atoms with Gasteiger partial charge in [0.05, 0.1) is 6.54 Å². The number of rotatable bonds is 6. The van der Waals surface area contributed by atoms with Crippen molar-refractivity contribution in [3.63, 3.8) is 0 Å². The Hall–Kier alpha value is -3.76. The Morgan fingerprint density at radius 1 is 1.03 bits per heavy atom. The van der Waals surface area contributed by atoms with Gasteiger partial charge < -0.3 is 15.5 Å². The summed E-state index contributed by atoms with van der Waals surface area (Å²) < 4.78 is 38.6. The third-order valence-corrected chi connectivity index (χ3v) is 4.16. The van der Waals surface area contributed by atoms with E-state index in [9.17, 15) is 18.0 Å². The number of nitrogens with zero attached hydrogens (tertiary/aromatic N) is 5. The average Bonchev–Trinajstić information content (AvgIpc) is 2.71. The molecule has 2 aromatic heterocycles. The number of likely N-dealkylation sites (N-methyl/N-ethyl adjacent to an activating group) is 1. The predicted octanol–water partition coefficient (Wildman–Crippen LogP) is 3.50. The van der Waals surface area contributed by atoms with Crippen LogP contribution in [0.25, 0.3) is 11.1 Å². The molecule has 2 N–H and O–H groups in total. The van der Waals surface area contributed by atoms with E-state index < -0.39 is 11.9 Å². The summed E-state index contributed by atoms with van der Waals surface area (Å²) in [5.74, 6) is 0.0361. The van der Waals surface area contributed by atoms with Gasteiger partial charge in [-0.25, -0.2) is 19.9 Å². The number of alkyl halides is 3. The fraction of sp³-hybridized carbons (Fsp3) is 0.250. The molecule has 0 bridgehead atoms. The summed E-state index contributed by atoms with van der Waals surface area (Å²) in [4.78, 5) is 28.9. The lowest BCUT2D eigenvalue weighted by molar-refractivity contribution is -0.141. The SMILES string of the molecule is Cc1cc(Nc2nccc(C(F)(F)F)n2)cc(-c2cnc(NCC(=O)N(C)C)nc2)c1. The van der Waals surface area contributed by atoms with E-state index in [2.05, 4.69) is 30.6 Å². The molecule has 0 atom stereocenters. The molecule has 0 aliphatic carbocycles. The monoisotopic (exact) mass is 431 g/mol. The number of carbonyl (C=O) groups excluding carboxylic acids is 1. The largest absolute Gasteiger partial charge is 0.433 e. The summed E-state index contributed by atoms with van der Waals surface area (Å²) in [5, 5.41) is 5.65. The van der Waals surface area contributed by atoms with Crippen molar-refractivity contribution in [3.05, 3.63) is 54.1 Å². The van der Waals surface area contributed by atoms with Crippen LogP contribution in [0.2, 0.25) is 0 Å². The first-order valence-electron chi connectivity index (χ1n) is 9.17. The molecule has 2 heterocycles. The molecule has 0 fully saturated rings. The van der Waals surface area contributed by atoms with Crippen LogP contribution in [0.3, 0.4) is 0 Å². The molecule has 0 saturated carbocycles. The fourth-order valence-corrected chi connectivity index (χ4v) is 2.61. The third-order valence-electron chi connectivity index (χ3n) is 4.16. The molecule has 3 rings (SSSR count). The normalized spacial score (nSPS) is 11.2. The molecule has 0 saturated heterocycles. The number of anilines is 3. The van der Waals surface area contributed by atoms with Gasteiger partial charge in [0.15, 0.2) is 0 Å². The summed E-state index contributed by atoms with van der Waals surface area (Å²) in [6, 6.07) is 6.19. The molecule has 0 aliphatic heterocycles. The zero-order valence-corrected chi connectivity index (χ0v) is 17.0. The molecule has 162 valence electrons. The molecular formula is C20H20F3N7O. The van der Waals surface area contributed by atoms with Gasteiger partial charge in [-0.05, 0) is 36.2 Å². The predicted molar refractivity (Wildman–Crippen MR) is 110 cm³/mol. The van der Waals surface area contributed by atoms with Crippen LogP contribution in [0.4, 0.5) is 30.8 Å². The van der Waals surface area contributed by atoms with Gasteiger partial charge >= 0.3 is 6.18 Å². The lowest BCUT2D eigenvalue weighted by Gasteiger charge is -2.12. The number of benzene rings is 1. The lowest BCUT2D eigenvalue weighted by Crippen LogP contribution is -2.29. The summed E-state index contributed by atoms with van der Waals surface area (Å²) in [7, 11) is 3.31. The quantitative estimate of drug-likeness (QED) is 0.617. The van der Waals surface area contributed by atoms with E-state index in [1.165, 1.54) is 4.90 Å². The van der Waals surface area contributed by atoms with Crippen LogP contribution in [0.5, 0.6) is 0 Å². The van der Waals surface area contributed by atoms with Gasteiger partial charge in [0.25, 0.3) is 0 Å². The number of aryl methyl sites for hydroxylation is 1. The Bertz CT molecular complexity index is 1070. The molecule has 8 nitrogen and oxygen atoms in total. The second kappa shape index (κ2) is 8.94. The van der Waals surface area contributed by atoms with Gasteiger partial charge in [-0.15, -0.1) is 0 Å². The molecule has 0 radical (unpaired) electrons. The lowest BCUT2D eigenvalue weighted by atomic mass is 10.1. The maximum absolute atomic E-state index is 12.9. The molecule has 1 aromatic carbocycles. The number of carbonyl (C=O) groups is 1. The van der Waals surface area contributed by atoms with E-state index >= 15 is 0 Å². The zero-order valence-electron chi connectivity index (χ0n) is 17.0. The standard InChI is InChI=1S/C20H20F3N7O/c1-12-6-13(14-9-25-18(26-10-14)27-11-17(31)30(2)3)8-15(7-12)28-19-24-5-4-16(29-19)20(21,22)23/h4-10H,11H2,1-3H3,(H,24,28,29)(H,25,26,27). The van der Waals surface area contributed by atoms with Gasteiger partial charge in [-0.3, -0.25) is 4.79 Å². The minimum atomic E-state index is -4.55. The minimum Gasteiger partial charge on any atom is -0.347 e. The molecule has 3 aromatic rings. The zero-order chi connectivity index (χ0) is 22.6. The van der Waals surface area contributed by atoms with Crippen LogP contribution >= 0.6 is 0 Å². The number of aromatic nitrogens is 4. The van der Waals surface area contributed by atoms with E-state index in [1.807, 2.05) is 13.0 Å². The van der Waals surface area contributed by atoms with E-state index in [0.717, 1.165) is 23.4 Å². The number of hydrogen-bond donors (Lipinski definition) is 2. The molecule has 31 heavy (non-hydrogen) atoms. The van der Waals surface area contributed by atoms with Crippen molar-refractivity contribution < 1.29 is 18.0 Å². The van der Waals surface area contributed by atoms with Crippen molar-refractivity contribution in [2.24, 2.45) is 0 Å². The molecule has 11 heteroatoms. The smallest absolute Gasteiger partial charge is 0.347 e. The van der Waals surface area contributed by atoms with Crippen LogP contribution < -0.4 is 10.6 Å². The maximum Gasteiger partial charge on any atom is 0.433 e. The van der Waals surface area contributed by atoms with Crippen molar-refractivity contribution in [2.45, 2.75) is 13.1 Å². The number of nitrogens with one attached hydrogen (secondary N) is 2. The first kappa shape index (κ1) is 21.9. The van der Waals surface area contributed by atoms with Gasteiger partial charge in [-0.1, -0.05) is 6.07 Å². The summed E-state index contributed by atoms with van der Waals surface area (Å²) in [6.07, 6.45) is -0.319. The van der Waals surface area contributed by atoms with E-state index in [-0.39, 0.29) is 18.4 Å². The average molecular weight is 431 g/mol. The van der Waals surface area contributed by atoms with Crippen LogP contribution in [0, 0.1) is 6.92 Å². The Labute approximate surface area is 176 Å². The summed E-state index contributed by atoms with van der Waals surface area (Å²) >= 11 is 0. The van der Waals surface area contributed by atoms with Crippen molar-refractivity contribution >= 4 is 23.5 Å². The maximum atomic E-state index is 12.9. The summed E-state index contributed by atoms with van der Waals surface area (Å²) in [5.41, 5.74) is 1.81. The van der Waals surface area contributed by atoms with Gasteiger partial charge in [0.1, 0.15) is 5.69 Å². The fourth-order valence-electron chi connectivity index (χ4n) is 2.61. The Morgan fingerprint density at radius 3 is 2.39 bits per heavy atom. The molecule has 0 spiro atoms. The molecular weight excluding hydrogens is 411 g/mol. The number of hydrogen-bond acceptors (Lipinski definition) is 7.